The van der Waals surface area contributed by atoms with E-state index in [9.17, 15) is 14.7 Å². The van der Waals surface area contributed by atoms with Crippen LogP contribution < -0.4 is 10.9 Å². The predicted molar refractivity (Wildman–Crippen MR) is 146 cm³/mol. The van der Waals surface area contributed by atoms with E-state index >= 15 is 0 Å². The van der Waals surface area contributed by atoms with Gasteiger partial charge in [-0.25, -0.2) is 4.98 Å². The summed E-state index contributed by atoms with van der Waals surface area (Å²) in [6, 6.07) is 16.3. The summed E-state index contributed by atoms with van der Waals surface area (Å²) in [5, 5.41) is 13.3. The number of rotatable bonds is 9. The van der Waals surface area contributed by atoms with Crippen LogP contribution in [0.4, 0.5) is 0 Å². The zero-order valence-corrected chi connectivity index (χ0v) is 21.7. The second-order valence-corrected chi connectivity index (χ2v) is 10.3. The molecule has 8 heteroatoms. The largest absolute Gasteiger partial charge is 0.394 e. The topological polar surface area (TPSA) is 88.6 Å². The van der Waals surface area contributed by atoms with E-state index in [2.05, 4.69) is 16.8 Å². The molecule has 1 amide bonds. The second kappa shape index (κ2) is 10.5. The molecule has 0 unspecified atom stereocenters. The quantitative estimate of drug-likeness (QED) is 0.293. The number of aromatic nitrogens is 3. The lowest BCUT2D eigenvalue weighted by molar-refractivity contribution is 0.0641. The first-order valence-electron chi connectivity index (χ1n) is 12.9. The van der Waals surface area contributed by atoms with Crippen molar-refractivity contribution >= 4 is 23.3 Å². The van der Waals surface area contributed by atoms with Gasteiger partial charge in [0, 0.05) is 35.0 Å². The number of unbranched alkanes of at least 4 members (excludes halogenated alkanes) is 2. The Hall–Kier alpha value is -3.42. The van der Waals surface area contributed by atoms with Crippen molar-refractivity contribution in [3.8, 4) is 22.5 Å². The normalized spacial score (nSPS) is 14.5. The van der Waals surface area contributed by atoms with Gasteiger partial charge in [-0.2, -0.15) is 0 Å². The second-order valence-electron chi connectivity index (χ2n) is 9.85. The van der Waals surface area contributed by atoms with Gasteiger partial charge < -0.3 is 15.0 Å². The van der Waals surface area contributed by atoms with E-state index < -0.39 is 5.54 Å². The minimum Gasteiger partial charge on any atom is -0.394 e. The summed E-state index contributed by atoms with van der Waals surface area (Å²) >= 11 is 6.05. The molecule has 1 aliphatic rings. The maximum absolute atomic E-state index is 13.2. The van der Waals surface area contributed by atoms with Crippen LogP contribution in [0.1, 0.15) is 55.8 Å². The molecule has 0 radical (unpaired) electrons. The third kappa shape index (κ3) is 5.06. The average molecular weight is 519 g/mol. The summed E-state index contributed by atoms with van der Waals surface area (Å²) in [5.74, 6) is 0.386. The Labute approximate surface area is 220 Å². The number of amides is 1. The lowest BCUT2D eigenvalue weighted by atomic mass is 9.77. The number of aryl methyl sites for hydroxylation is 1. The number of aliphatic hydroxyl groups is 1. The summed E-state index contributed by atoms with van der Waals surface area (Å²) in [5.41, 5.74) is 3.05. The zero-order valence-electron chi connectivity index (χ0n) is 20.9. The Morgan fingerprint density at radius 2 is 1.78 bits per heavy atom. The highest BCUT2D eigenvalue weighted by Gasteiger charge is 2.37. The van der Waals surface area contributed by atoms with Gasteiger partial charge >= 0.3 is 0 Å². The highest BCUT2D eigenvalue weighted by atomic mass is 35.5. The molecule has 5 rings (SSSR count). The maximum atomic E-state index is 13.2. The van der Waals surface area contributed by atoms with Gasteiger partial charge in [-0.3, -0.25) is 14.0 Å². The highest BCUT2D eigenvalue weighted by molar-refractivity contribution is 6.30. The van der Waals surface area contributed by atoms with E-state index in [-0.39, 0.29) is 18.1 Å². The van der Waals surface area contributed by atoms with E-state index in [0.717, 1.165) is 55.3 Å². The molecule has 2 heterocycles. The molecule has 0 spiro atoms. The fourth-order valence-corrected chi connectivity index (χ4v) is 4.99. The lowest BCUT2D eigenvalue weighted by Crippen LogP contribution is -2.56. The molecule has 192 valence electrons. The van der Waals surface area contributed by atoms with Crippen LogP contribution in [0.2, 0.25) is 5.02 Å². The summed E-state index contributed by atoms with van der Waals surface area (Å²) in [6.45, 7) is 2.82. The number of carbonyl (C=O) groups excluding carboxylic acids is 1. The van der Waals surface area contributed by atoms with Crippen LogP contribution in [0.25, 0.3) is 28.3 Å². The molecular weight excluding hydrogens is 488 g/mol. The molecule has 37 heavy (non-hydrogen) atoms. The zero-order chi connectivity index (χ0) is 26.0. The molecule has 0 bridgehead atoms. The van der Waals surface area contributed by atoms with Crippen LogP contribution in [-0.2, 0) is 6.54 Å². The summed E-state index contributed by atoms with van der Waals surface area (Å²) in [7, 11) is 0. The van der Waals surface area contributed by atoms with Gasteiger partial charge in [-0.1, -0.05) is 55.6 Å². The van der Waals surface area contributed by atoms with Gasteiger partial charge in [0.2, 0.25) is 5.78 Å². The SMILES string of the molecule is CCCCCn1c(-c2ccc(C(=O)NC3(CO)CCC3)cc2)cc(=O)n2cc(-c3ccc(Cl)cc3)nc12. The van der Waals surface area contributed by atoms with E-state index in [0.29, 0.717) is 28.6 Å². The van der Waals surface area contributed by atoms with Crippen LogP contribution in [-0.4, -0.2) is 37.1 Å². The first-order chi connectivity index (χ1) is 17.9. The lowest BCUT2D eigenvalue weighted by Gasteiger charge is -2.40. The fraction of sp³-hybridized carbons (Fsp3) is 0.345. The number of nitrogens with zero attached hydrogens (tertiary/aromatic N) is 3. The van der Waals surface area contributed by atoms with Gasteiger partial charge in [0.05, 0.1) is 23.5 Å². The van der Waals surface area contributed by atoms with Crippen molar-refractivity contribution in [2.45, 2.75) is 57.5 Å². The van der Waals surface area contributed by atoms with Crippen LogP contribution in [0.15, 0.2) is 65.6 Å². The van der Waals surface area contributed by atoms with E-state index in [1.807, 2.05) is 36.4 Å². The first-order valence-corrected chi connectivity index (χ1v) is 13.2. The van der Waals surface area contributed by atoms with E-state index in [4.69, 9.17) is 16.6 Å². The predicted octanol–water partition coefficient (Wildman–Crippen LogP) is 5.32. The van der Waals surface area contributed by atoms with Crippen molar-refractivity contribution in [1.82, 2.24) is 19.3 Å². The van der Waals surface area contributed by atoms with Crippen molar-refractivity contribution in [3.05, 3.63) is 81.7 Å². The molecule has 0 aliphatic heterocycles. The van der Waals surface area contributed by atoms with Crippen LogP contribution in [0.3, 0.4) is 0 Å². The van der Waals surface area contributed by atoms with Gasteiger partial charge in [-0.15, -0.1) is 0 Å². The molecule has 2 aromatic carbocycles. The van der Waals surface area contributed by atoms with Crippen LogP contribution >= 0.6 is 11.6 Å². The van der Waals surface area contributed by atoms with Crippen molar-refractivity contribution in [2.24, 2.45) is 0 Å². The number of fused-ring (bicyclic) bond motifs is 1. The molecule has 4 aromatic rings. The summed E-state index contributed by atoms with van der Waals surface area (Å²) in [4.78, 5) is 30.8. The smallest absolute Gasteiger partial charge is 0.259 e. The molecular formula is C29H31ClN4O3. The molecule has 1 saturated carbocycles. The third-order valence-corrected chi connectivity index (χ3v) is 7.53. The van der Waals surface area contributed by atoms with Crippen molar-refractivity contribution in [2.75, 3.05) is 6.61 Å². The molecule has 2 N–H and O–H groups in total. The summed E-state index contributed by atoms with van der Waals surface area (Å²) in [6.07, 6.45) is 7.45. The Kier molecular flexibility index (Phi) is 7.17. The number of aliphatic hydroxyl groups excluding tert-OH is 1. The van der Waals surface area contributed by atoms with E-state index in [1.54, 1.807) is 28.8 Å². The molecule has 2 aromatic heterocycles. The van der Waals surface area contributed by atoms with Gasteiger partial charge in [0.25, 0.3) is 11.5 Å². The van der Waals surface area contributed by atoms with E-state index in [1.165, 1.54) is 0 Å². The fourth-order valence-electron chi connectivity index (χ4n) is 4.87. The third-order valence-electron chi connectivity index (χ3n) is 7.28. The highest BCUT2D eigenvalue weighted by Crippen LogP contribution is 2.32. The monoisotopic (exact) mass is 518 g/mol. The number of hydrogen-bond acceptors (Lipinski definition) is 4. The standard InChI is InChI=1S/C29H31ClN4O3/c1-2-3-4-16-33-25(21-6-8-22(9-7-21)27(37)32-29(19-35)14-5-15-29)17-26(36)34-18-24(31-28(33)34)20-10-12-23(30)13-11-20/h6-13,17-18,35H,2-5,14-16,19H2,1H3,(H,32,37). The molecule has 1 fully saturated rings. The average Bonchev–Trinajstić information content (AvgIpc) is 3.34. The van der Waals surface area contributed by atoms with Crippen molar-refractivity contribution < 1.29 is 9.90 Å². The number of carbonyl (C=O) groups is 1. The number of nitrogens with one attached hydrogen (secondary N) is 1. The number of imidazole rings is 1. The first kappa shape index (κ1) is 25.2. The van der Waals surface area contributed by atoms with Gasteiger partial charge in [0.15, 0.2) is 0 Å². The Morgan fingerprint density at radius 1 is 1.08 bits per heavy atom. The van der Waals surface area contributed by atoms with Gasteiger partial charge in [-0.05, 0) is 55.5 Å². The Morgan fingerprint density at radius 3 is 2.41 bits per heavy atom. The number of halogens is 1. The van der Waals surface area contributed by atoms with Crippen molar-refractivity contribution in [3.63, 3.8) is 0 Å². The molecule has 7 nitrogen and oxygen atoms in total. The minimum atomic E-state index is -0.497. The molecule has 1 aliphatic carbocycles. The number of benzene rings is 2. The van der Waals surface area contributed by atoms with Crippen LogP contribution in [0, 0.1) is 0 Å². The van der Waals surface area contributed by atoms with Crippen LogP contribution in [0.5, 0.6) is 0 Å². The number of hydrogen-bond donors (Lipinski definition) is 2. The Balaban J connectivity index is 1.52. The maximum Gasteiger partial charge on any atom is 0.259 e. The molecule has 0 atom stereocenters. The molecule has 0 saturated heterocycles. The summed E-state index contributed by atoms with van der Waals surface area (Å²) < 4.78 is 3.68. The minimum absolute atomic E-state index is 0.0524. The van der Waals surface area contributed by atoms with Gasteiger partial charge in [0.1, 0.15) is 0 Å². The van der Waals surface area contributed by atoms with Crippen molar-refractivity contribution in [1.29, 1.82) is 0 Å². The Bertz CT molecular complexity index is 1460.